The molecule has 0 bridgehead atoms. The molecule has 0 N–H and O–H groups in total. The molecule has 2 heterocycles. The molecule has 2 aliphatic heterocycles. The highest BCUT2D eigenvalue weighted by Crippen LogP contribution is 2.26. The predicted molar refractivity (Wildman–Crippen MR) is 84.5 cm³/mol. The van der Waals surface area contributed by atoms with Crippen molar-refractivity contribution in [2.24, 2.45) is 11.8 Å². The summed E-state index contributed by atoms with van der Waals surface area (Å²) in [6.07, 6.45) is 2.82. The first-order chi connectivity index (χ1) is 10.8. The van der Waals surface area contributed by atoms with E-state index in [9.17, 15) is 0 Å². The lowest BCUT2D eigenvalue weighted by Gasteiger charge is -2.36. The van der Waals surface area contributed by atoms with Crippen LogP contribution in [0.5, 0.6) is 11.5 Å². The van der Waals surface area contributed by atoms with Crippen LogP contribution in [0.4, 0.5) is 0 Å². The Morgan fingerprint density at radius 3 is 1.50 bits per heavy atom. The maximum atomic E-state index is 5.78. The summed E-state index contributed by atoms with van der Waals surface area (Å²) in [5, 5.41) is 0. The van der Waals surface area contributed by atoms with Crippen LogP contribution < -0.4 is 9.47 Å². The van der Waals surface area contributed by atoms with Crippen LogP contribution in [0, 0.1) is 11.8 Å². The second kappa shape index (κ2) is 7.34. The van der Waals surface area contributed by atoms with Gasteiger partial charge in [0, 0.05) is 11.8 Å². The SMILES string of the molecule is CCC1COC1COc1ccc(OCC2OCC2CC)cc1. The molecule has 0 radical (unpaired) electrons. The quantitative estimate of drug-likeness (QED) is 0.738. The fourth-order valence-electron chi connectivity index (χ4n) is 2.86. The molecule has 1 aromatic rings. The van der Waals surface area contributed by atoms with Gasteiger partial charge < -0.3 is 18.9 Å². The summed E-state index contributed by atoms with van der Waals surface area (Å²) in [6.45, 7) is 7.40. The van der Waals surface area contributed by atoms with Crippen LogP contribution in [0.3, 0.4) is 0 Å². The molecule has 0 spiro atoms. The van der Waals surface area contributed by atoms with Gasteiger partial charge in [-0.15, -0.1) is 0 Å². The van der Waals surface area contributed by atoms with Gasteiger partial charge in [-0.3, -0.25) is 0 Å². The van der Waals surface area contributed by atoms with Crippen LogP contribution in [0.1, 0.15) is 26.7 Å². The number of hydrogen-bond acceptors (Lipinski definition) is 4. The average Bonchev–Trinajstić information content (AvgIpc) is 2.48. The van der Waals surface area contributed by atoms with Crippen molar-refractivity contribution in [3.05, 3.63) is 24.3 Å². The van der Waals surface area contributed by atoms with Gasteiger partial charge in [0.15, 0.2) is 0 Å². The molecule has 3 rings (SSSR count). The molecule has 2 aliphatic rings. The average molecular weight is 306 g/mol. The maximum absolute atomic E-state index is 5.78. The fourth-order valence-corrected chi connectivity index (χ4v) is 2.86. The van der Waals surface area contributed by atoms with E-state index in [1.807, 2.05) is 24.3 Å². The summed E-state index contributed by atoms with van der Waals surface area (Å²) in [7, 11) is 0. The standard InChI is InChI=1S/C18H26O4/c1-3-13-9-21-17(13)11-19-15-5-7-16(8-6-15)20-12-18-14(4-2)10-22-18/h5-8,13-14,17-18H,3-4,9-12H2,1-2H3. The van der Waals surface area contributed by atoms with Gasteiger partial charge in [-0.25, -0.2) is 0 Å². The molecule has 0 aromatic heterocycles. The van der Waals surface area contributed by atoms with E-state index in [0.717, 1.165) is 37.6 Å². The van der Waals surface area contributed by atoms with Gasteiger partial charge in [0.05, 0.1) is 25.4 Å². The van der Waals surface area contributed by atoms with Crippen molar-refractivity contribution in [1.29, 1.82) is 0 Å². The predicted octanol–water partition coefficient (Wildman–Crippen LogP) is 3.29. The zero-order chi connectivity index (χ0) is 15.4. The Balaban J connectivity index is 1.40. The lowest BCUT2D eigenvalue weighted by atomic mass is 9.96. The van der Waals surface area contributed by atoms with Crippen LogP contribution in [-0.4, -0.2) is 38.6 Å². The fraction of sp³-hybridized carbons (Fsp3) is 0.667. The van der Waals surface area contributed by atoms with Gasteiger partial charge in [-0.05, 0) is 37.1 Å². The molecule has 0 amide bonds. The van der Waals surface area contributed by atoms with Crippen molar-refractivity contribution in [3.63, 3.8) is 0 Å². The van der Waals surface area contributed by atoms with E-state index in [4.69, 9.17) is 18.9 Å². The molecule has 4 unspecified atom stereocenters. The van der Waals surface area contributed by atoms with E-state index >= 15 is 0 Å². The lowest BCUT2D eigenvalue weighted by Crippen LogP contribution is -2.43. The van der Waals surface area contributed by atoms with Crippen LogP contribution in [-0.2, 0) is 9.47 Å². The second-order valence-corrected chi connectivity index (χ2v) is 6.17. The Hall–Kier alpha value is -1.26. The highest BCUT2D eigenvalue weighted by Gasteiger charge is 2.31. The number of rotatable bonds is 8. The van der Waals surface area contributed by atoms with Crippen molar-refractivity contribution in [2.45, 2.75) is 38.9 Å². The summed E-state index contributed by atoms with van der Waals surface area (Å²) >= 11 is 0. The van der Waals surface area contributed by atoms with Gasteiger partial charge in [0.2, 0.25) is 0 Å². The Bertz CT molecular complexity index is 412. The molecule has 122 valence electrons. The first-order valence-electron chi connectivity index (χ1n) is 8.39. The highest BCUT2D eigenvalue weighted by atomic mass is 16.6. The maximum Gasteiger partial charge on any atom is 0.119 e. The molecule has 1 aromatic carbocycles. The van der Waals surface area contributed by atoms with Gasteiger partial charge >= 0.3 is 0 Å². The van der Waals surface area contributed by atoms with Crippen LogP contribution in [0.2, 0.25) is 0 Å². The molecule has 2 saturated heterocycles. The minimum Gasteiger partial charge on any atom is -0.491 e. The third-order valence-electron chi connectivity index (χ3n) is 4.80. The van der Waals surface area contributed by atoms with E-state index in [1.165, 1.54) is 0 Å². The molecule has 4 nitrogen and oxygen atoms in total. The molecule has 22 heavy (non-hydrogen) atoms. The molecule has 2 fully saturated rings. The Labute approximate surface area is 132 Å². The second-order valence-electron chi connectivity index (χ2n) is 6.17. The molecule has 0 saturated carbocycles. The summed E-state index contributed by atoms with van der Waals surface area (Å²) < 4.78 is 22.6. The number of hydrogen-bond donors (Lipinski definition) is 0. The van der Waals surface area contributed by atoms with Crippen molar-refractivity contribution in [3.8, 4) is 11.5 Å². The van der Waals surface area contributed by atoms with E-state index in [0.29, 0.717) is 25.0 Å². The summed E-state index contributed by atoms with van der Waals surface area (Å²) in [6, 6.07) is 7.81. The molecule has 0 aliphatic carbocycles. The monoisotopic (exact) mass is 306 g/mol. The lowest BCUT2D eigenvalue weighted by molar-refractivity contribution is -0.132. The van der Waals surface area contributed by atoms with E-state index in [-0.39, 0.29) is 12.2 Å². The van der Waals surface area contributed by atoms with Gasteiger partial charge in [0.1, 0.15) is 24.7 Å². The van der Waals surface area contributed by atoms with Crippen molar-refractivity contribution in [1.82, 2.24) is 0 Å². The van der Waals surface area contributed by atoms with Crippen molar-refractivity contribution < 1.29 is 18.9 Å². The third kappa shape index (κ3) is 3.55. The molecular weight excluding hydrogens is 280 g/mol. The smallest absolute Gasteiger partial charge is 0.119 e. The van der Waals surface area contributed by atoms with Crippen molar-refractivity contribution in [2.75, 3.05) is 26.4 Å². The molecule has 4 heteroatoms. The van der Waals surface area contributed by atoms with Crippen LogP contribution in [0.15, 0.2) is 24.3 Å². The Morgan fingerprint density at radius 2 is 1.23 bits per heavy atom. The summed E-state index contributed by atoms with van der Waals surface area (Å²) in [5.41, 5.74) is 0. The first-order valence-corrected chi connectivity index (χ1v) is 8.39. The zero-order valence-electron chi connectivity index (χ0n) is 13.5. The van der Waals surface area contributed by atoms with E-state index in [2.05, 4.69) is 13.8 Å². The Kier molecular flexibility index (Phi) is 5.21. The van der Waals surface area contributed by atoms with Crippen LogP contribution in [0.25, 0.3) is 0 Å². The normalized spacial score (nSPS) is 30.3. The Morgan fingerprint density at radius 1 is 0.818 bits per heavy atom. The molecule has 4 atom stereocenters. The summed E-state index contributed by atoms with van der Waals surface area (Å²) in [4.78, 5) is 0. The summed E-state index contributed by atoms with van der Waals surface area (Å²) in [5.74, 6) is 3.03. The zero-order valence-corrected chi connectivity index (χ0v) is 13.5. The number of ether oxygens (including phenoxy) is 4. The first kappa shape index (κ1) is 15.6. The van der Waals surface area contributed by atoms with Gasteiger partial charge in [-0.1, -0.05) is 13.8 Å². The van der Waals surface area contributed by atoms with E-state index < -0.39 is 0 Å². The van der Waals surface area contributed by atoms with E-state index in [1.54, 1.807) is 0 Å². The van der Waals surface area contributed by atoms with Crippen molar-refractivity contribution >= 4 is 0 Å². The number of benzene rings is 1. The third-order valence-corrected chi connectivity index (χ3v) is 4.80. The van der Waals surface area contributed by atoms with Crippen LogP contribution >= 0.6 is 0 Å². The highest BCUT2D eigenvalue weighted by molar-refractivity contribution is 5.31. The minimum absolute atomic E-state index is 0.252. The van der Waals surface area contributed by atoms with Gasteiger partial charge in [-0.2, -0.15) is 0 Å². The largest absolute Gasteiger partial charge is 0.491 e. The molecular formula is C18H26O4. The topological polar surface area (TPSA) is 36.9 Å². The van der Waals surface area contributed by atoms with Gasteiger partial charge in [0.25, 0.3) is 0 Å². The minimum atomic E-state index is 0.252.